The summed E-state index contributed by atoms with van der Waals surface area (Å²) >= 11 is 8.38. The van der Waals surface area contributed by atoms with Crippen LogP contribution in [-0.4, -0.2) is 106 Å². The fraction of sp³-hybridized carbons (Fsp3) is 0.239. The molecule has 0 spiro atoms. The summed E-state index contributed by atoms with van der Waals surface area (Å²) in [5.74, 6) is -0.595. The van der Waals surface area contributed by atoms with E-state index in [0.717, 1.165) is 37.6 Å². The molecule has 0 aliphatic carbocycles. The molecule has 8 rings (SSSR count). The number of hydrogen-bond acceptors (Lipinski definition) is 14. The third-order valence-electron chi connectivity index (χ3n) is 10.7. The molecule has 1 aliphatic heterocycles. The lowest BCUT2D eigenvalue weighted by atomic mass is 9.96. The lowest BCUT2D eigenvalue weighted by Gasteiger charge is -2.32. The Bertz CT molecular complexity index is 2950. The summed E-state index contributed by atoms with van der Waals surface area (Å²) in [5, 5.41) is 11.5. The SMILES string of the molecule is Cc1c(-c2c(-c3ccc(F)cc3)sc3ncnc(O[C@H](Cc4ccccc4OCc4ccnc(-c5cccc(OS(=O)(=O)O)c5)n4)C(=O)O)c23)ccc(OCCN2CCN(C)CC2)c1Cl. The highest BCUT2D eigenvalue weighted by atomic mass is 35.5. The first-order valence-electron chi connectivity index (χ1n) is 20.4. The number of likely N-dealkylation sites (N-methyl/N-ethyl adjacent to an activating group) is 1. The minimum atomic E-state index is -4.74. The van der Waals surface area contributed by atoms with Crippen LogP contribution in [0.15, 0.2) is 104 Å². The Balaban J connectivity index is 1.06. The van der Waals surface area contributed by atoms with E-state index in [2.05, 4.69) is 41.0 Å². The molecule has 0 amide bonds. The lowest BCUT2D eigenvalue weighted by Crippen LogP contribution is -2.45. The Morgan fingerprint density at radius 1 is 0.923 bits per heavy atom. The monoisotopic (exact) mass is 940 g/mol. The van der Waals surface area contributed by atoms with E-state index >= 15 is 0 Å². The molecule has 1 fully saturated rings. The Labute approximate surface area is 383 Å². The minimum Gasteiger partial charge on any atom is -0.491 e. The van der Waals surface area contributed by atoms with Gasteiger partial charge in [0, 0.05) is 61.3 Å². The molecule has 4 aromatic carbocycles. The summed E-state index contributed by atoms with van der Waals surface area (Å²) in [6, 6.07) is 24.3. The van der Waals surface area contributed by atoms with Crippen molar-refractivity contribution in [1.82, 2.24) is 29.7 Å². The number of nitrogens with zero attached hydrogens (tertiary/aromatic N) is 6. The molecular weight excluding hydrogens is 899 g/mol. The number of para-hydroxylation sites is 1. The molecule has 1 saturated heterocycles. The van der Waals surface area contributed by atoms with Gasteiger partial charge in [0.2, 0.25) is 12.0 Å². The summed E-state index contributed by atoms with van der Waals surface area (Å²) in [5.41, 5.74) is 4.17. The maximum absolute atomic E-state index is 14.2. The average Bonchev–Trinajstić information content (AvgIpc) is 3.68. The average molecular weight is 941 g/mol. The first-order chi connectivity index (χ1) is 31.3. The maximum atomic E-state index is 14.2. The Morgan fingerprint density at radius 2 is 1.71 bits per heavy atom. The number of aliphatic carboxylic acids is 1. The van der Waals surface area contributed by atoms with Crippen molar-refractivity contribution in [1.29, 1.82) is 0 Å². The number of carboxylic acids is 1. The fourth-order valence-electron chi connectivity index (χ4n) is 7.36. The van der Waals surface area contributed by atoms with Crippen molar-refractivity contribution < 1.29 is 45.7 Å². The molecule has 2 N–H and O–H groups in total. The zero-order chi connectivity index (χ0) is 45.7. The first-order valence-corrected chi connectivity index (χ1v) is 22.9. The second-order valence-electron chi connectivity index (χ2n) is 15.2. The molecule has 19 heteroatoms. The second kappa shape index (κ2) is 19.9. The molecule has 0 unspecified atom stereocenters. The van der Waals surface area contributed by atoms with Crippen molar-refractivity contribution in [2.24, 2.45) is 0 Å². The number of fused-ring (bicyclic) bond motifs is 1. The zero-order valence-corrected chi connectivity index (χ0v) is 37.4. The molecule has 0 radical (unpaired) electrons. The van der Waals surface area contributed by atoms with Crippen LogP contribution in [0.4, 0.5) is 4.39 Å². The van der Waals surface area contributed by atoms with Crippen molar-refractivity contribution >= 4 is 49.5 Å². The third kappa shape index (κ3) is 11.0. The molecule has 0 bridgehead atoms. The summed E-state index contributed by atoms with van der Waals surface area (Å²) in [6.07, 6.45) is 1.26. The van der Waals surface area contributed by atoms with Crippen LogP contribution < -0.4 is 18.4 Å². The van der Waals surface area contributed by atoms with E-state index in [1.165, 1.54) is 54.2 Å². The van der Waals surface area contributed by atoms with Crippen LogP contribution in [-0.2, 0) is 28.2 Å². The van der Waals surface area contributed by atoms with Crippen LogP contribution in [0, 0.1) is 12.7 Å². The Kier molecular flexibility index (Phi) is 13.8. The van der Waals surface area contributed by atoms with Gasteiger partial charge < -0.3 is 28.4 Å². The van der Waals surface area contributed by atoms with E-state index in [1.54, 1.807) is 48.5 Å². The van der Waals surface area contributed by atoms with Gasteiger partial charge in [-0.05, 0) is 78.7 Å². The van der Waals surface area contributed by atoms with Gasteiger partial charge in [-0.15, -0.1) is 11.3 Å². The van der Waals surface area contributed by atoms with Crippen LogP contribution in [0.5, 0.6) is 23.1 Å². The van der Waals surface area contributed by atoms with E-state index in [4.69, 9.17) is 30.4 Å². The van der Waals surface area contributed by atoms with Gasteiger partial charge in [-0.2, -0.15) is 8.42 Å². The number of aromatic nitrogens is 4. The number of thiophene rings is 1. The number of halogens is 2. The van der Waals surface area contributed by atoms with Crippen LogP contribution in [0.3, 0.4) is 0 Å². The van der Waals surface area contributed by atoms with Crippen molar-refractivity contribution in [2.75, 3.05) is 46.4 Å². The quantitative estimate of drug-likeness (QED) is 0.0835. The standard InChI is InChI=1S/C46H42ClFN6O9S2/c1-28-35(14-15-37(41(28)47)60-23-22-54-20-18-53(2)19-21-54)39-40-44(50-27-51-45(40)64-42(39)29-10-12-32(48)13-11-29)62-38(46(55)56)25-30-6-3-4-9-36(30)61-26-33-16-17-49-43(52-33)31-7-5-8-34(24-31)63-65(57,58)59/h3-17,24,27,38H,18-23,25-26H2,1-2H3,(H,55,56)(H,57,58,59)/t38-/m1/s1. The molecule has 1 atom stereocenters. The number of carboxylic acid groups (broad SMARTS) is 1. The molecule has 336 valence electrons. The van der Waals surface area contributed by atoms with Gasteiger partial charge in [-0.25, -0.2) is 29.1 Å². The number of piperazine rings is 1. The van der Waals surface area contributed by atoms with E-state index in [1.807, 2.05) is 19.1 Å². The maximum Gasteiger partial charge on any atom is 0.446 e. The van der Waals surface area contributed by atoms with Crippen molar-refractivity contribution in [3.8, 4) is 56.1 Å². The van der Waals surface area contributed by atoms with E-state index in [9.17, 15) is 22.7 Å². The third-order valence-corrected chi connectivity index (χ3v) is 12.8. The predicted molar refractivity (Wildman–Crippen MR) is 244 cm³/mol. The van der Waals surface area contributed by atoms with Gasteiger partial charge in [-0.3, -0.25) is 9.45 Å². The van der Waals surface area contributed by atoms with Crippen molar-refractivity contribution in [2.45, 2.75) is 26.1 Å². The number of hydrogen-bond donors (Lipinski definition) is 2. The highest BCUT2D eigenvalue weighted by Crippen LogP contribution is 2.49. The number of carbonyl (C=O) groups is 1. The smallest absolute Gasteiger partial charge is 0.446 e. The first kappa shape index (κ1) is 45.3. The molecule has 15 nitrogen and oxygen atoms in total. The normalized spacial score (nSPS) is 14.0. The number of rotatable bonds is 17. The Hall–Kier alpha value is -6.28. The van der Waals surface area contributed by atoms with Gasteiger partial charge in [0.05, 0.1) is 16.1 Å². The highest BCUT2D eigenvalue weighted by molar-refractivity contribution is 7.81. The molecule has 7 aromatic rings. The fourth-order valence-corrected chi connectivity index (χ4v) is 9.08. The number of ether oxygens (including phenoxy) is 3. The van der Waals surface area contributed by atoms with Gasteiger partial charge >= 0.3 is 16.4 Å². The van der Waals surface area contributed by atoms with E-state index < -0.39 is 28.3 Å². The highest BCUT2D eigenvalue weighted by Gasteiger charge is 2.28. The topological polar surface area (TPSA) is 187 Å². The molecule has 65 heavy (non-hydrogen) atoms. The van der Waals surface area contributed by atoms with Crippen LogP contribution in [0.2, 0.25) is 5.02 Å². The predicted octanol–water partition coefficient (Wildman–Crippen LogP) is 8.04. The lowest BCUT2D eigenvalue weighted by molar-refractivity contribution is -0.145. The van der Waals surface area contributed by atoms with Gasteiger partial charge in [0.25, 0.3) is 0 Å². The summed E-state index contributed by atoms with van der Waals surface area (Å²) in [7, 11) is -2.62. The summed E-state index contributed by atoms with van der Waals surface area (Å²) in [4.78, 5) is 36.8. The van der Waals surface area contributed by atoms with Gasteiger partial charge in [0.1, 0.15) is 47.4 Å². The molecule has 3 aromatic heterocycles. The molecular formula is C46H42ClFN6O9S2. The van der Waals surface area contributed by atoms with E-state index in [-0.39, 0.29) is 30.5 Å². The molecule has 1 aliphatic rings. The summed E-state index contributed by atoms with van der Waals surface area (Å²) < 4.78 is 69.1. The van der Waals surface area contributed by atoms with Crippen LogP contribution >= 0.6 is 22.9 Å². The van der Waals surface area contributed by atoms with Crippen molar-refractivity contribution in [3.05, 3.63) is 131 Å². The van der Waals surface area contributed by atoms with E-state index in [0.29, 0.717) is 72.4 Å². The number of benzene rings is 4. The van der Waals surface area contributed by atoms with Gasteiger partial charge in [-0.1, -0.05) is 60.1 Å². The van der Waals surface area contributed by atoms with Crippen LogP contribution in [0.1, 0.15) is 16.8 Å². The summed E-state index contributed by atoms with van der Waals surface area (Å²) in [6.45, 7) is 6.99. The second-order valence-corrected chi connectivity index (χ2v) is 17.6. The minimum absolute atomic E-state index is 0.0306. The largest absolute Gasteiger partial charge is 0.491 e. The Morgan fingerprint density at radius 3 is 2.48 bits per heavy atom. The zero-order valence-electron chi connectivity index (χ0n) is 35.1. The van der Waals surface area contributed by atoms with Crippen molar-refractivity contribution in [3.63, 3.8) is 0 Å². The van der Waals surface area contributed by atoms with Crippen LogP contribution in [0.25, 0.3) is 43.2 Å². The molecule has 4 heterocycles. The van der Waals surface area contributed by atoms with Gasteiger partial charge in [0.15, 0.2) is 5.82 Å². The molecule has 0 saturated carbocycles.